The SMILES string of the molecule is O=C(COc1ccc(Cl)cc1)N=C1S[C@@H]2CS(=O)(=O)C[C@@H]2N1[C@H]1C[C@H]2CC[C@H]1C2. The van der Waals surface area contributed by atoms with Crippen LogP contribution in [0.5, 0.6) is 5.75 Å². The summed E-state index contributed by atoms with van der Waals surface area (Å²) in [4.78, 5) is 19.1. The Balaban J connectivity index is 1.33. The van der Waals surface area contributed by atoms with Gasteiger partial charge < -0.3 is 9.64 Å². The molecule has 4 fully saturated rings. The highest BCUT2D eigenvalue weighted by Gasteiger charge is 2.54. The van der Waals surface area contributed by atoms with E-state index < -0.39 is 9.84 Å². The maximum atomic E-state index is 12.5. The molecular weight excluding hydrogens is 432 g/mol. The number of nitrogens with zero attached hydrogens (tertiary/aromatic N) is 2. The van der Waals surface area contributed by atoms with Crippen molar-refractivity contribution in [3.05, 3.63) is 29.3 Å². The van der Waals surface area contributed by atoms with Crippen molar-refractivity contribution in [2.45, 2.75) is 43.0 Å². The summed E-state index contributed by atoms with van der Waals surface area (Å²) < 4.78 is 29.9. The molecule has 2 saturated heterocycles. The van der Waals surface area contributed by atoms with Crippen LogP contribution in [0.1, 0.15) is 25.7 Å². The molecule has 29 heavy (non-hydrogen) atoms. The highest BCUT2D eigenvalue weighted by atomic mass is 35.5. The van der Waals surface area contributed by atoms with Crippen LogP contribution in [0, 0.1) is 11.8 Å². The smallest absolute Gasteiger partial charge is 0.285 e. The average Bonchev–Trinajstić information content (AvgIpc) is 3.41. The van der Waals surface area contributed by atoms with Gasteiger partial charge in [-0.25, -0.2) is 8.42 Å². The predicted molar refractivity (Wildman–Crippen MR) is 114 cm³/mol. The lowest BCUT2D eigenvalue weighted by molar-refractivity contribution is -0.119. The third-order valence-corrected chi connectivity index (χ3v) is 10.0. The number of aliphatic imine (C=N–C) groups is 1. The maximum absolute atomic E-state index is 12.5. The fourth-order valence-corrected chi connectivity index (χ4v) is 9.46. The fourth-order valence-electron chi connectivity index (χ4n) is 5.35. The zero-order valence-electron chi connectivity index (χ0n) is 15.9. The number of carbonyl (C=O) groups excluding carboxylic acids is 1. The molecule has 2 heterocycles. The normalized spacial score (nSPS) is 36.0. The van der Waals surface area contributed by atoms with Gasteiger partial charge in [0.1, 0.15) is 5.75 Å². The molecule has 9 heteroatoms. The Hall–Kier alpha value is -1.25. The van der Waals surface area contributed by atoms with Crippen LogP contribution in [0.15, 0.2) is 29.3 Å². The van der Waals surface area contributed by atoms with Gasteiger partial charge in [-0.05, 0) is 55.4 Å². The number of hydrogen-bond acceptors (Lipinski definition) is 5. The van der Waals surface area contributed by atoms with E-state index in [4.69, 9.17) is 16.3 Å². The van der Waals surface area contributed by atoms with E-state index in [0.29, 0.717) is 27.9 Å². The molecule has 0 aromatic heterocycles. The first-order valence-electron chi connectivity index (χ1n) is 10.0. The molecule has 1 aromatic carbocycles. The fraction of sp³-hybridized carbons (Fsp3) is 0.600. The number of rotatable bonds is 4. The Labute approximate surface area is 179 Å². The lowest BCUT2D eigenvalue weighted by Crippen LogP contribution is -2.47. The summed E-state index contributed by atoms with van der Waals surface area (Å²) in [7, 11) is -3.02. The molecule has 0 spiro atoms. The number of carbonyl (C=O) groups is 1. The summed E-state index contributed by atoms with van der Waals surface area (Å²) in [5, 5.41) is 1.27. The van der Waals surface area contributed by atoms with Crippen molar-refractivity contribution in [3.63, 3.8) is 0 Å². The first-order valence-corrected chi connectivity index (χ1v) is 13.1. The van der Waals surface area contributed by atoms with Crippen molar-refractivity contribution in [2.24, 2.45) is 16.8 Å². The van der Waals surface area contributed by atoms with Crippen LogP contribution in [0.4, 0.5) is 0 Å². The molecular formula is C20H23ClN2O4S2. The van der Waals surface area contributed by atoms with Gasteiger partial charge in [-0.3, -0.25) is 4.79 Å². The van der Waals surface area contributed by atoms with E-state index in [1.165, 1.54) is 31.0 Å². The quantitative estimate of drug-likeness (QED) is 0.696. The lowest BCUT2D eigenvalue weighted by atomic mass is 9.93. The zero-order chi connectivity index (χ0) is 20.2. The van der Waals surface area contributed by atoms with Crippen LogP contribution in [0.2, 0.25) is 5.02 Å². The van der Waals surface area contributed by atoms with E-state index in [-0.39, 0.29) is 35.3 Å². The van der Waals surface area contributed by atoms with E-state index in [9.17, 15) is 13.2 Å². The number of amides is 1. The molecule has 0 unspecified atom stereocenters. The number of thioether (sulfide) groups is 1. The predicted octanol–water partition coefficient (Wildman–Crippen LogP) is 3.00. The Kier molecular flexibility index (Phi) is 5.07. The maximum Gasteiger partial charge on any atom is 0.285 e. The highest BCUT2D eigenvalue weighted by Crippen LogP contribution is 2.51. The van der Waals surface area contributed by atoms with E-state index >= 15 is 0 Å². The second-order valence-corrected chi connectivity index (χ2v) is 12.3. The second kappa shape index (κ2) is 7.46. The minimum absolute atomic E-state index is 0.0251. The first kappa shape index (κ1) is 19.7. The summed E-state index contributed by atoms with van der Waals surface area (Å²) >= 11 is 7.32. The van der Waals surface area contributed by atoms with Gasteiger partial charge in [0.05, 0.1) is 17.5 Å². The van der Waals surface area contributed by atoms with Crippen molar-refractivity contribution in [1.82, 2.24) is 4.90 Å². The third kappa shape index (κ3) is 3.91. The van der Waals surface area contributed by atoms with Crippen molar-refractivity contribution < 1.29 is 17.9 Å². The summed E-state index contributed by atoms with van der Waals surface area (Å²) in [6.45, 7) is -0.149. The van der Waals surface area contributed by atoms with Crippen molar-refractivity contribution in [1.29, 1.82) is 0 Å². The number of ether oxygens (including phenoxy) is 1. The lowest BCUT2D eigenvalue weighted by Gasteiger charge is -2.36. The Morgan fingerprint density at radius 2 is 1.97 bits per heavy atom. The van der Waals surface area contributed by atoms with Crippen LogP contribution in [0.3, 0.4) is 0 Å². The number of hydrogen-bond donors (Lipinski definition) is 0. The van der Waals surface area contributed by atoms with E-state index in [1.807, 2.05) is 0 Å². The standard InChI is InChI=1S/C20H23ClN2O4S2/c21-14-3-5-15(6-4-14)27-9-19(24)22-20-23(16-8-12-1-2-13(16)7-12)17-10-29(25,26)11-18(17)28-20/h3-6,12-13,16-18H,1-2,7-11H2/t12-,13-,16-,17-,18+/m0/s1. The molecule has 6 nitrogen and oxygen atoms in total. The van der Waals surface area contributed by atoms with E-state index in [0.717, 1.165) is 12.3 Å². The van der Waals surface area contributed by atoms with Gasteiger partial charge in [-0.15, -0.1) is 0 Å². The van der Waals surface area contributed by atoms with Gasteiger partial charge in [0, 0.05) is 16.3 Å². The van der Waals surface area contributed by atoms with Crippen LogP contribution >= 0.6 is 23.4 Å². The van der Waals surface area contributed by atoms with E-state index in [1.54, 1.807) is 24.3 Å². The number of amidine groups is 1. The minimum atomic E-state index is -3.02. The average molecular weight is 455 g/mol. The van der Waals surface area contributed by atoms with Gasteiger partial charge in [0.2, 0.25) is 0 Å². The molecule has 0 radical (unpaired) electrons. The second-order valence-electron chi connectivity index (χ2n) is 8.48. The Morgan fingerprint density at radius 1 is 1.17 bits per heavy atom. The molecule has 2 aliphatic carbocycles. The molecule has 1 amide bonds. The number of sulfone groups is 1. The van der Waals surface area contributed by atoms with Crippen LogP contribution in [-0.4, -0.2) is 59.8 Å². The summed E-state index contributed by atoms with van der Waals surface area (Å²) in [5.41, 5.74) is 0. The Bertz CT molecular complexity index is 950. The van der Waals surface area contributed by atoms with Gasteiger partial charge in [0.25, 0.3) is 5.91 Å². The van der Waals surface area contributed by atoms with Crippen LogP contribution in [0.25, 0.3) is 0 Å². The number of benzene rings is 1. The molecule has 5 rings (SSSR count). The van der Waals surface area contributed by atoms with E-state index in [2.05, 4.69) is 9.89 Å². The molecule has 2 saturated carbocycles. The minimum Gasteiger partial charge on any atom is -0.484 e. The van der Waals surface area contributed by atoms with Crippen LogP contribution < -0.4 is 4.74 Å². The molecule has 2 bridgehead atoms. The molecule has 2 aliphatic heterocycles. The van der Waals surface area contributed by atoms with Gasteiger partial charge in [-0.2, -0.15) is 4.99 Å². The number of fused-ring (bicyclic) bond motifs is 3. The molecule has 1 aromatic rings. The third-order valence-electron chi connectivity index (χ3n) is 6.56. The summed E-state index contributed by atoms with van der Waals surface area (Å²) in [6, 6.07) is 7.09. The van der Waals surface area contributed by atoms with Crippen molar-refractivity contribution in [3.8, 4) is 5.75 Å². The molecule has 0 N–H and O–H groups in total. The largest absolute Gasteiger partial charge is 0.484 e. The molecule has 156 valence electrons. The summed E-state index contributed by atoms with van der Waals surface area (Å²) in [6.07, 6.45) is 4.77. The van der Waals surface area contributed by atoms with Gasteiger partial charge in [0.15, 0.2) is 21.6 Å². The van der Waals surface area contributed by atoms with Crippen molar-refractivity contribution >= 4 is 44.3 Å². The molecule has 5 atom stereocenters. The van der Waals surface area contributed by atoms with Crippen LogP contribution in [-0.2, 0) is 14.6 Å². The first-order chi connectivity index (χ1) is 13.9. The number of halogens is 1. The topological polar surface area (TPSA) is 76.0 Å². The molecule has 4 aliphatic rings. The monoisotopic (exact) mass is 454 g/mol. The van der Waals surface area contributed by atoms with Gasteiger partial charge in [-0.1, -0.05) is 29.8 Å². The highest BCUT2D eigenvalue weighted by molar-refractivity contribution is 8.15. The summed E-state index contributed by atoms with van der Waals surface area (Å²) in [5.74, 6) is 1.89. The zero-order valence-corrected chi connectivity index (χ0v) is 18.3. The van der Waals surface area contributed by atoms with Gasteiger partial charge >= 0.3 is 0 Å². The van der Waals surface area contributed by atoms with Crippen molar-refractivity contribution in [2.75, 3.05) is 18.1 Å². The Morgan fingerprint density at radius 3 is 2.66 bits per heavy atom.